The Morgan fingerprint density at radius 3 is 2.33 bits per heavy atom. The Morgan fingerprint density at radius 1 is 1.00 bits per heavy atom. The van der Waals surface area contributed by atoms with Gasteiger partial charge in [-0.05, 0) is 61.0 Å². The number of amides is 2. The van der Waals surface area contributed by atoms with Crippen LogP contribution >= 0.6 is 23.2 Å². The van der Waals surface area contributed by atoms with Crippen molar-refractivity contribution in [2.24, 2.45) is 0 Å². The molecule has 4 nitrogen and oxygen atoms in total. The van der Waals surface area contributed by atoms with Crippen LogP contribution < -0.4 is 9.80 Å². The summed E-state index contributed by atoms with van der Waals surface area (Å²) in [7, 11) is 0. The van der Waals surface area contributed by atoms with Crippen LogP contribution in [-0.4, -0.2) is 17.9 Å². The van der Waals surface area contributed by atoms with E-state index in [4.69, 9.17) is 23.2 Å². The molecule has 2 amide bonds. The van der Waals surface area contributed by atoms with Crippen LogP contribution in [0.2, 0.25) is 10.0 Å². The number of carbonyl (C=O) groups is 2. The van der Waals surface area contributed by atoms with Gasteiger partial charge in [0, 0.05) is 15.6 Å². The predicted molar refractivity (Wildman–Crippen MR) is 117 cm³/mol. The molecule has 0 spiro atoms. The third-order valence-electron chi connectivity index (χ3n) is 5.10. The fraction of sp³-hybridized carbons (Fsp3) is 0.130. The fourth-order valence-electron chi connectivity index (χ4n) is 3.56. The maximum Gasteiger partial charge on any atom is 0.259 e. The van der Waals surface area contributed by atoms with E-state index in [1.165, 1.54) is 29.2 Å². The summed E-state index contributed by atoms with van der Waals surface area (Å²) in [4.78, 5) is 29.5. The molecule has 1 aliphatic heterocycles. The Bertz CT molecular complexity index is 1130. The minimum absolute atomic E-state index is 0.241. The van der Waals surface area contributed by atoms with Gasteiger partial charge in [0.05, 0.1) is 17.9 Å². The summed E-state index contributed by atoms with van der Waals surface area (Å²) < 4.78 is 13.3. The molecule has 1 atom stereocenters. The first-order valence-electron chi connectivity index (χ1n) is 9.30. The molecule has 30 heavy (non-hydrogen) atoms. The third-order valence-corrected chi connectivity index (χ3v) is 5.68. The van der Waals surface area contributed by atoms with Crippen LogP contribution in [0.3, 0.4) is 0 Å². The number of halogens is 3. The second kappa shape index (κ2) is 8.09. The molecule has 0 aliphatic carbocycles. The number of hydrogen-bond donors (Lipinski definition) is 0. The van der Waals surface area contributed by atoms with E-state index in [1.54, 1.807) is 54.3 Å². The summed E-state index contributed by atoms with van der Waals surface area (Å²) in [6.45, 7) is 1.92. The van der Waals surface area contributed by atoms with Crippen LogP contribution in [-0.2, 0) is 11.3 Å². The SMILES string of the molecule is C[C@H]1C(=O)N(Cc2ccc(Cl)cc2Cl)c2ccccc2N1C(=O)c1ccc(F)cc1. The van der Waals surface area contributed by atoms with Gasteiger partial charge in [0.1, 0.15) is 11.9 Å². The molecule has 4 rings (SSSR count). The molecule has 152 valence electrons. The maximum absolute atomic E-state index is 13.3. The molecule has 0 aromatic heterocycles. The first kappa shape index (κ1) is 20.4. The zero-order valence-electron chi connectivity index (χ0n) is 16.0. The van der Waals surface area contributed by atoms with Crippen LogP contribution in [0.15, 0.2) is 66.7 Å². The molecule has 0 bridgehead atoms. The number of benzene rings is 3. The molecular weight excluding hydrogens is 426 g/mol. The number of carbonyl (C=O) groups excluding carboxylic acids is 2. The smallest absolute Gasteiger partial charge is 0.259 e. The van der Waals surface area contributed by atoms with Gasteiger partial charge >= 0.3 is 0 Å². The number of hydrogen-bond acceptors (Lipinski definition) is 2. The normalized spacial score (nSPS) is 15.9. The largest absolute Gasteiger partial charge is 0.304 e. The van der Waals surface area contributed by atoms with Crippen molar-refractivity contribution >= 4 is 46.4 Å². The van der Waals surface area contributed by atoms with Crippen LogP contribution in [0.5, 0.6) is 0 Å². The number of nitrogens with zero attached hydrogens (tertiary/aromatic N) is 2. The van der Waals surface area contributed by atoms with Crippen molar-refractivity contribution in [2.45, 2.75) is 19.5 Å². The Kier molecular flexibility index (Phi) is 5.50. The van der Waals surface area contributed by atoms with Crippen LogP contribution in [0.1, 0.15) is 22.8 Å². The van der Waals surface area contributed by atoms with E-state index < -0.39 is 11.9 Å². The summed E-state index contributed by atoms with van der Waals surface area (Å²) in [5, 5.41) is 0.976. The Hall–Kier alpha value is -2.89. The van der Waals surface area contributed by atoms with Crippen molar-refractivity contribution < 1.29 is 14.0 Å². The van der Waals surface area contributed by atoms with E-state index in [1.807, 2.05) is 0 Å². The van der Waals surface area contributed by atoms with Crippen LogP contribution in [0.25, 0.3) is 0 Å². The highest BCUT2D eigenvalue weighted by atomic mass is 35.5. The van der Waals surface area contributed by atoms with Gasteiger partial charge in [0.15, 0.2) is 0 Å². The van der Waals surface area contributed by atoms with Crippen LogP contribution in [0, 0.1) is 5.82 Å². The fourth-order valence-corrected chi connectivity index (χ4v) is 4.03. The average Bonchev–Trinajstić information content (AvgIpc) is 2.73. The number of rotatable bonds is 3. The van der Waals surface area contributed by atoms with Gasteiger partial charge in [-0.25, -0.2) is 4.39 Å². The van der Waals surface area contributed by atoms with E-state index in [0.717, 1.165) is 5.56 Å². The standard InChI is InChI=1S/C23H17Cl2FN2O2/c1-14-22(29)27(13-16-6-9-17(24)12-19(16)25)20-4-2-3-5-21(20)28(14)23(30)15-7-10-18(26)11-8-15/h2-12,14H,13H2,1H3/t14-/m0/s1. The van der Waals surface area contributed by atoms with Gasteiger partial charge in [-0.2, -0.15) is 0 Å². The summed E-state index contributed by atoms with van der Waals surface area (Å²) >= 11 is 12.3. The zero-order chi connectivity index (χ0) is 21.4. The molecule has 3 aromatic carbocycles. The number of fused-ring (bicyclic) bond motifs is 1. The average molecular weight is 443 g/mol. The summed E-state index contributed by atoms with van der Waals surface area (Å²) in [5.74, 6) is -1.04. The van der Waals surface area contributed by atoms with Gasteiger partial charge in [-0.3, -0.25) is 14.5 Å². The van der Waals surface area contributed by atoms with Gasteiger partial charge in [0.25, 0.3) is 5.91 Å². The van der Waals surface area contributed by atoms with Gasteiger partial charge in [0.2, 0.25) is 5.91 Å². The molecular formula is C23H17Cl2FN2O2. The quantitative estimate of drug-likeness (QED) is 0.520. The molecule has 7 heteroatoms. The highest BCUT2D eigenvalue weighted by molar-refractivity contribution is 6.35. The Balaban J connectivity index is 1.75. The van der Waals surface area contributed by atoms with Crippen molar-refractivity contribution in [1.29, 1.82) is 0 Å². The summed E-state index contributed by atoms with van der Waals surface area (Å²) in [5.41, 5.74) is 2.25. The van der Waals surface area contributed by atoms with E-state index in [-0.39, 0.29) is 18.4 Å². The lowest BCUT2D eigenvalue weighted by Gasteiger charge is -2.40. The van der Waals surface area contributed by atoms with E-state index in [2.05, 4.69) is 0 Å². The second-order valence-electron chi connectivity index (χ2n) is 7.01. The maximum atomic E-state index is 13.3. The molecule has 0 fully saturated rings. The highest BCUT2D eigenvalue weighted by Crippen LogP contribution is 2.38. The lowest BCUT2D eigenvalue weighted by molar-refractivity contribution is -0.119. The lowest BCUT2D eigenvalue weighted by atomic mass is 10.0. The Labute approximate surface area is 183 Å². The molecule has 0 unspecified atom stereocenters. The number of para-hydroxylation sites is 2. The summed E-state index contributed by atoms with van der Waals surface area (Å²) in [6, 6.07) is 16.8. The first-order chi connectivity index (χ1) is 14.4. The molecule has 3 aromatic rings. The molecule has 0 N–H and O–H groups in total. The third kappa shape index (κ3) is 3.66. The minimum Gasteiger partial charge on any atom is -0.304 e. The zero-order valence-corrected chi connectivity index (χ0v) is 17.5. The molecule has 0 radical (unpaired) electrons. The van der Waals surface area contributed by atoms with E-state index in [9.17, 15) is 14.0 Å². The molecule has 0 saturated heterocycles. The highest BCUT2D eigenvalue weighted by Gasteiger charge is 2.39. The van der Waals surface area contributed by atoms with Crippen molar-refractivity contribution in [3.63, 3.8) is 0 Å². The van der Waals surface area contributed by atoms with Crippen molar-refractivity contribution in [2.75, 3.05) is 9.80 Å². The van der Waals surface area contributed by atoms with Gasteiger partial charge < -0.3 is 4.90 Å². The second-order valence-corrected chi connectivity index (χ2v) is 7.85. The molecule has 0 saturated carbocycles. The lowest BCUT2D eigenvalue weighted by Crippen LogP contribution is -2.54. The minimum atomic E-state index is -0.747. The topological polar surface area (TPSA) is 40.6 Å². The monoisotopic (exact) mass is 442 g/mol. The summed E-state index contributed by atoms with van der Waals surface area (Å²) in [6.07, 6.45) is 0. The van der Waals surface area contributed by atoms with Crippen LogP contribution in [0.4, 0.5) is 15.8 Å². The number of anilines is 2. The van der Waals surface area contributed by atoms with Crippen molar-refractivity contribution in [1.82, 2.24) is 0 Å². The molecule has 1 aliphatic rings. The first-order valence-corrected chi connectivity index (χ1v) is 10.1. The molecule has 1 heterocycles. The van der Waals surface area contributed by atoms with E-state index >= 15 is 0 Å². The van der Waals surface area contributed by atoms with Gasteiger partial charge in [-0.1, -0.05) is 41.4 Å². The van der Waals surface area contributed by atoms with E-state index in [0.29, 0.717) is 27.0 Å². The van der Waals surface area contributed by atoms with Gasteiger partial charge in [-0.15, -0.1) is 0 Å². The van der Waals surface area contributed by atoms with Crippen molar-refractivity contribution in [3.8, 4) is 0 Å². The predicted octanol–water partition coefficient (Wildman–Crippen LogP) is 5.71. The Morgan fingerprint density at radius 2 is 1.67 bits per heavy atom. The van der Waals surface area contributed by atoms with Crippen molar-refractivity contribution in [3.05, 3.63) is 93.7 Å².